The summed E-state index contributed by atoms with van der Waals surface area (Å²) in [5.74, 6) is -4.15. The van der Waals surface area contributed by atoms with E-state index in [9.17, 15) is 35.5 Å². The van der Waals surface area contributed by atoms with Gasteiger partial charge >= 0.3 is 12.4 Å². The Morgan fingerprint density at radius 3 is 1.72 bits per heavy atom. The van der Waals surface area contributed by atoms with Crippen molar-refractivity contribution in [3.63, 3.8) is 0 Å². The molecule has 0 aliphatic rings. The van der Waals surface area contributed by atoms with Crippen LogP contribution in [-0.4, -0.2) is 23.8 Å². The van der Waals surface area contributed by atoms with E-state index < -0.39 is 36.0 Å². The molecule has 0 rings (SSSR count). The lowest BCUT2D eigenvalue weighted by atomic mass is 9.93. The van der Waals surface area contributed by atoms with Crippen molar-refractivity contribution < 1.29 is 35.5 Å². The third-order valence-electron chi connectivity index (χ3n) is 1.99. The molecule has 0 radical (unpaired) electrons. The topological polar surface area (TPSA) is 29.1 Å². The Bertz CT molecular complexity index is 341. The molecule has 0 spiro atoms. The fourth-order valence-electron chi connectivity index (χ4n) is 1.06. The molecule has 0 unspecified atom stereocenters. The van der Waals surface area contributed by atoms with Crippen LogP contribution in [0.3, 0.4) is 0 Å². The lowest BCUT2D eigenvalue weighted by Crippen LogP contribution is -2.67. The van der Waals surface area contributed by atoms with Gasteiger partial charge in [-0.05, 0) is 0 Å². The first-order valence-electron chi connectivity index (χ1n) is 4.30. The van der Waals surface area contributed by atoms with Crippen molar-refractivity contribution in [1.82, 2.24) is 5.32 Å². The van der Waals surface area contributed by atoms with Crippen molar-refractivity contribution in [1.29, 1.82) is 0 Å². The van der Waals surface area contributed by atoms with Gasteiger partial charge in [0.1, 0.15) is 0 Å². The molecule has 2 nitrogen and oxygen atoms in total. The molecule has 9 heteroatoms. The summed E-state index contributed by atoms with van der Waals surface area (Å²) >= 11 is 0. The highest BCUT2D eigenvalue weighted by molar-refractivity contribution is 5.91. The minimum atomic E-state index is -5.87. The zero-order valence-corrected chi connectivity index (χ0v) is 8.75. The largest absolute Gasteiger partial charge is 0.420 e. The molecule has 0 saturated carbocycles. The van der Waals surface area contributed by atoms with Crippen LogP contribution < -0.4 is 5.32 Å². The van der Waals surface area contributed by atoms with Crippen molar-refractivity contribution in [3.05, 3.63) is 25.1 Å². The predicted octanol–water partition coefficient (Wildman–Crippen LogP) is 3.03. The number of hydrogen-bond donors (Lipinski definition) is 1. The monoisotopic (exact) mass is 279 g/mol. The highest BCUT2D eigenvalue weighted by Gasteiger charge is 2.71. The summed E-state index contributed by atoms with van der Waals surface area (Å²) in [7, 11) is 0. The molecular formula is C9H8F7NO. The molecule has 1 amide bonds. The van der Waals surface area contributed by atoms with Crippen LogP contribution in [0.4, 0.5) is 30.7 Å². The summed E-state index contributed by atoms with van der Waals surface area (Å²) in [6.07, 6.45) is -13.1. The van der Waals surface area contributed by atoms with Crippen molar-refractivity contribution in [3.8, 4) is 0 Å². The van der Waals surface area contributed by atoms with Gasteiger partial charge < -0.3 is 5.32 Å². The molecule has 104 valence electrons. The molecule has 18 heavy (non-hydrogen) atoms. The van der Waals surface area contributed by atoms with E-state index in [2.05, 4.69) is 13.2 Å². The summed E-state index contributed by atoms with van der Waals surface area (Å²) in [4.78, 5) is 10.7. The Hall–Kier alpha value is -1.54. The maximum Gasteiger partial charge on any atom is 0.420 e. The fourth-order valence-corrected chi connectivity index (χ4v) is 1.06. The predicted molar refractivity (Wildman–Crippen MR) is 48.0 cm³/mol. The van der Waals surface area contributed by atoms with E-state index in [4.69, 9.17) is 0 Å². The molecule has 0 heterocycles. The molecule has 0 aliphatic heterocycles. The van der Waals surface area contributed by atoms with E-state index in [0.717, 1.165) is 0 Å². The van der Waals surface area contributed by atoms with Gasteiger partial charge in [-0.3, -0.25) is 4.79 Å². The van der Waals surface area contributed by atoms with Crippen LogP contribution in [0.15, 0.2) is 25.1 Å². The third-order valence-corrected chi connectivity index (χ3v) is 1.99. The second-order valence-corrected chi connectivity index (χ2v) is 3.25. The average Bonchev–Trinajstić information content (AvgIpc) is 2.12. The van der Waals surface area contributed by atoms with Gasteiger partial charge in [0.15, 0.2) is 5.83 Å². The van der Waals surface area contributed by atoms with E-state index in [0.29, 0.717) is 11.4 Å². The van der Waals surface area contributed by atoms with Gasteiger partial charge in [-0.25, -0.2) is 4.39 Å². The van der Waals surface area contributed by atoms with Crippen LogP contribution in [0.1, 0.15) is 6.42 Å². The minimum absolute atomic E-state index is 0.322. The molecular weight excluding hydrogens is 271 g/mol. The first-order chi connectivity index (χ1) is 7.89. The van der Waals surface area contributed by atoms with E-state index in [-0.39, 0.29) is 0 Å². The SMILES string of the molecule is C=CCC(NC(=O)C(=C)F)(C(F)(F)F)C(F)(F)F. The van der Waals surface area contributed by atoms with Gasteiger partial charge in [-0.1, -0.05) is 12.7 Å². The summed E-state index contributed by atoms with van der Waals surface area (Å²) in [6.45, 7) is 5.08. The van der Waals surface area contributed by atoms with E-state index in [1.54, 1.807) is 0 Å². The van der Waals surface area contributed by atoms with E-state index >= 15 is 0 Å². The van der Waals surface area contributed by atoms with Crippen LogP contribution in [0, 0.1) is 0 Å². The Morgan fingerprint density at radius 2 is 1.50 bits per heavy atom. The highest BCUT2D eigenvalue weighted by Crippen LogP contribution is 2.45. The number of rotatable bonds is 4. The van der Waals surface area contributed by atoms with Gasteiger partial charge in [-0.15, -0.1) is 6.58 Å². The number of amides is 1. The Balaban J connectivity index is 5.71. The maximum atomic E-state index is 12.5. The van der Waals surface area contributed by atoms with Crippen LogP contribution in [0.25, 0.3) is 0 Å². The molecule has 0 atom stereocenters. The molecule has 0 aromatic carbocycles. The van der Waals surface area contributed by atoms with E-state index in [1.165, 1.54) is 0 Å². The van der Waals surface area contributed by atoms with Crippen LogP contribution in [-0.2, 0) is 4.79 Å². The van der Waals surface area contributed by atoms with Crippen molar-refractivity contribution in [2.75, 3.05) is 0 Å². The number of nitrogens with one attached hydrogen (secondary N) is 1. The maximum absolute atomic E-state index is 12.5. The first-order valence-corrected chi connectivity index (χ1v) is 4.30. The van der Waals surface area contributed by atoms with Gasteiger partial charge in [-0.2, -0.15) is 26.3 Å². The average molecular weight is 279 g/mol. The standard InChI is InChI=1S/C9H8F7NO/c1-3-4-7(8(11,12)13,9(14,15)16)17-6(18)5(2)10/h3H,1-2,4H2,(H,17,18). The summed E-state index contributed by atoms with van der Waals surface area (Å²) in [6, 6.07) is 0. The van der Waals surface area contributed by atoms with Crippen molar-refractivity contribution in [2.45, 2.75) is 24.3 Å². The second kappa shape index (κ2) is 4.99. The lowest BCUT2D eigenvalue weighted by Gasteiger charge is -2.36. The fraction of sp³-hybridized carbons (Fsp3) is 0.444. The normalized spacial score (nSPS) is 13.1. The van der Waals surface area contributed by atoms with Crippen LogP contribution in [0.2, 0.25) is 0 Å². The third kappa shape index (κ3) is 3.02. The quantitative estimate of drug-likeness (QED) is 0.478. The molecule has 0 fully saturated rings. The Labute approximate surface area is 97.1 Å². The molecule has 1 N–H and O–H groups in total. The first kappa shape index (κ1) is 16.5. The molecule has 0 saturated heterocycles. The van der Waals surface area contributed by atoms with Crippen LogP contribution >= 0.6 is 0 Å². The Morgan fingerprint density at radius 1 is 1.11 bits per heavy atom. The number of carbonyl (C=O) groups excluding carboxylic acids is 1. The Kier molecular flexibility index (Phi) is 4.56. The molecule has 0 bridgehead atoms. The van der Waals surface area contributed by atoms with Gasteiger partial charge in [0.05, 0.1) is 0 Å². The van der Waals surface area contributed by atoms with Gasteiger partial charge in [0.2, 0.25) is 5.54 Å². The number of halogens is 7. The number of hydrogen-bond acceptors (Lipinski definition) is 1. The zero-order chi connectivity index (χ0) is 14.8. The molecule has 0 aromatic rings. The number of carbonyl (C=O) groups is 1. The minimum Gasteiger partial charge on any atom is -0.328 e. The molecule has 0 aliphatic carbocycles. The zero-order valence-electron chi connectivity index (χ0n) is 8.75. The summed E-state index contributed by atoms with van der Waals surface area (Å²) < 4.78 is 87.6. The smallest absolute Gasteiger partial charge is 0.328 e. The van der Waals surface area contributed by atoms with Crippen LogP contribution in [0.5, 0.6) is 0 Å². The molecule has 0 aromatic heterocycles. The summed E-state index contributed by atoms with van der Waals surface area (Å²) in [5.41, 5.74) is -4.59. The van der Waals surface area contributed by atoms with E-state index in [1.807, 2.05) is 0 Å². The van der Waals surface area contributed by atoms with Crippen molar-refractivity contribution in [2.24, 2.45) is 0 Å². The number of alkyl halides is 6. The van der Waals surface area contributed by atoms with Gasteiger partial charge in [0, 0.05) is 6.42 Å². The highest BCUT2D eigenvalue weighted by atomic mass is 19.4. The second-order valence-electron chi connectivity index (χ2n) is 3.25. The van der Waals surface area contributed by atoms with Crippen molar-refractivity contribution >= 4 is 5.91 Å². The summed E-state index contributed by atoms with van der Waals surface area (Å²) in [5, 5.41) is 0.576. The lowest BCUT2D eigenvalue weighted by molar-refractivity contribution is -0.304. The van der Waals surface area contributed by atoms with Gasteiger partial charge in [0.25, 0.3) is 5.91 Å².